The Balaban J connectivity index is 2.23. The molecular weight excluding hydrogens is 260 g/mol. The summed E-state index contributed by atoms with van der Waals surface area (Å²) in [5, 5.41) is 3.98. The first-order chi connectivity index (χ1) is 9.10. The van der Waals surface area contributed by atoms with Crippen LogP contribution >= 0.6 is 11.6 Å². The van der Waals surface area contributed by atoms with Crippen molar-refractivity contribution >= 4 is 28.7 Å². The van der Waals surface area contributed by atoms with Crippen LogP contribution in [-0.2, 0) is 0 Å². The van der Waals surface area contributed by atoms with Gasteiger partial charge < -0.3 is 15.0 Å². The molecule has 4 heteroatoms. The molecule has 0 atom stereocenters. The van der Waals surface area contributed by atoms with Crippen molar-refractivity contribution in [3.63, 3.8) is 0 Å². The third kappa shape index (κ3) is 3.32. The molecule has 0 aliphatic rings. The summed E-state index contributed by atoms with van der Waals surface area (Å²) in [4.78, 5) is 2.06. The van der Waals surface area contributed by atoms with Crippen LogP contribution in [0.2, 0.25) is 5.02 Å². The lowest BCUT2D eigenvalue weighted by Gasteiger charge is -2.14. The van der Waals surface area contributed by atoms with Crippen LogP contribution in [-0.4, -0.2) is 21.2 Å². The number of hydrogen-bond donors (Lipinski definition) is 1. The van der Waals surface area contributed by atoms with Crippen molar-refractivity contribution in [3.05, 3.63) is 47.5 Å². The third-order valence-corrected chi connectivity index (χ3v) is 3.06. The van der Waals surface area contributed by atoms with Crippen LogP contribution in [0.25, 0.3) is 0 Å². The largest absolute Gasteiger partial charge is 0.495 e. The van der Waals surface area contributed by atoms with Gasteiger partial charge in [0.25, 0.3) is 0 Å². The highest BCUT2D eigenvalue weighted by molar-refractivity contribution is 6.31. The Morgan fingerprint density at radius 1 is 1.05 bits per heavy atom. The number of ether oxygens (including phenoxy) is 1. The molecule has 0 spiro atoms. The maximum Gasteiger partial charge on any atom is 0.142 e. The van der Waals surface area contributed by atoms with Crippen molar-refractivity contribution < 1.29 is 4.74 Å². The molecule has 3 nitrogen and oxygen atoms in total. The SMILES string of the molecule is COc1ccc(Cl)cc1Nc1ccc(N(C)C)cc1. The molecule has 0 heterocycles. The molecule has 2 aromatic carbocycles. The van der Waals surface area contributed by atoms with Gasteiger partial charge in [-0.2, -0.15) is 0 Å². The molecule has 1 N–H and O–H groups in total. The second kappa shape index (κ2) is 5.85. The van der Waals surface area contributed by atoms with Crippen LogP contribution < -0.4 is 15.0 Å². The predicted molar refractivity (Wildman–Crippen MR) is 82.1 cm³/mol. The molecule has 0 fully saturated rings. The lowest BCUT2D eigenvalue weighted by atomic mass is 10.2. The van der Waals surface area contributed by atoms with Crippen molar-refractivity contribution in [2.75, 3.05) is 31.4 Å². The highest BCUT2D eigenvalue weighted by atomic mass is 35.5. The zero-order chi connectivity index (χ0) is 13.8. The minimum Gasteiger partial charge on any atom is -0.495 e. The molecule has 0 aromatic heterocycles. The summed E-state index contributed by atoms with van der Waals surface area (Å²) in [6.07, 6.45) is 0. The Morgan fingerprint density at radius 3 is 2.32 bits per heavy atom. The van der Waals surface area contributed by atoms with E-state index in [0.29, 0.717) is 5.02 Å². The highest BCUT2D eigenvalue weighted by Gasteiger charge is 2.04. The molecule has 0 bridgehead atoms. The molecule has 0 aliphatic heterocycles. The average molecular weight is 277 g/mol. The zero-order valence-electron chi connectivity index (χ0n) is 11.3. The second-order valence-corrected chi connectivity index (χ2v) is 4.85. The van der Waals surface area contributed by atoms with Gasteiger partial charge in [-0.25, -0.2) is 0 Å². The number of anilines is 3. The Morgan fingerprint density at radius 2 is 1.74 bits per heavy atom. The highest BCUT2D eigenvalue weighted by Crippen LogP contribution is 2.30. The maximum absolute atomic E-state index is 6.00. The van der Waals surface area contributed by atoms with Gasteiger partial charge in [0, 0.05) is 30.5 Å². The van der Waals surface area contributed by atoms with Crippen molar-refractivity contribution in [1.82, 2.24) is 0 Å². The molecule has 0 aliphatic carbocycles. The molecule has 0 unspecified atom stereocenters. The van der Waals surface area contributed by atoms with Gasteiger partial charge in [0.2, 0.25) is 0 Å². The maximum atomic E-state index is 6.00. The molecule has 19 heavy (non-hydrogen) atoms. The lowest BCUT2D eigenvalue weighted by Crippen LogP contribution is -2.08. The fraction of sp³-hybridized carbons (Fsp3) is 0.200. The Kier molecular flexibility index (Phi) is 4.17. The van der Waals surface area contributed by atoms with Crippen LogP contribution in [0, 0.1) is 0 Å². The van der Waals surface area contributed by atoms with Crippen LogP contribution in [0.15, 0.2) is 42.5 Å². The summed E-state index contributed by atoms with van der Waals surface area (Å²) >= 11 is 6.00. The van der Waals surface area contributed by atoms with E-state index >= 15 is 0 Å². The third-order valence-electron chi connectivity index (χ3n) is 2.82. The van der Waals surface area contributed by atoms with Crippen molar-refractivity contribution in [2.24, 2.45) is 0 Å². The molecule has 0 radical (unpaired) electrons. The molecular formula is C15H17ClN2O. The summed E-state index contributed by atoms with van der Waals surface area (Å²) in [6, 6.07) is 13.7. The fourth-order valence-electron chi connectivity index (χ4n) is 1.78. The first-order valence-electron chi connectivity index (χ1n) is 5.98. The van der Waals surface area contributed by atoms with E-state index in [0.717, 1.165) is 22.8 Å². The van der Waals surface area contributed by atoms with Gasteiger partial charge >= 0.3 is 0 Å². The Labute approximate surface area is 118 Å². The van der Waals surface area contributed by atoms with Crippen LogP contribution in [0.3, 0.4) is 0 Å². The second-order valence-electron chi connectivity index (χ2n) is 4.41. The lowest BCUT2D eigenvalue weighted by molar-refractivity contribution is 0.417. The number of benzene rings is 2. The monoisotopic (exact) mass is 276 g/mol. The number of nitrogens with zero attached hydrogens (tertiary/aromatic N) is 1. The zero-order valence-corrected chi connectivity index (χ0v) is 12.0. The van der Waals surface area contributed by atoms with E-state index < -0.39 is 0 Å². The molecule has 2 rings (SSSR count). The average Bonchev–Trinajstić information content (AvgIpc) is 2.39. The van der Waals surface area contributed by atoms with Crippen molar-refractivity contribution in [1.29, 1.82) is 0 Å². The van der Waals surface area contributed by atoms with Crippen LogP contribution in [0.4, 0.5) is 17.1 Å². The topological polar surface area (TPSA) is 24.5 Å². The number of halogens is 1. The van der Waals surface area contributed by atoms with Gasteiger partial charge in [-0.3, -0.25) is 0 Å². The quantitative estimate of drug-likeness (QED) is 0.907. The van der Waals surface area contributed by atoms with E-state index in [1.54, 1.807) is 13.2 Å². The summed E-state index contributed by atoms with van der Waals surface area (Å²) in [5.74, 6) is 0.765. The first kappa shape index (κ1) is 13.6. The summed E-state index contributed by atoms with van der Waals surface area (Å²) < 4.78 is 5.31. The molecule has 100 valence electrons. The smallest absolute Gasteiger partial charge is 0.142 e. The number of methoxy groups -OCH3 is 1. The van der Waals surface area contributed by atoms with E-state index in [1.807, 2.05) is 38.4 Å². The van der Waals surface area contributed by atoms with Gasteiger partial charge in [0.05, 0.1) is 12.8 Å². The predicted octanol–water partition coefficient (Wildman–Crippen LogP) is 4.16. The minimum atomic E-state index is 0.674. The van der Waals surface area contributed by atoms with E-state index in [4.69, 9.17) is 16.3 Å². The Hall–Kier alpha value is -1.87. The molecule has 0 saturated heterocycles. The van der Waals surface area contributed by atoms with E-state index in [-0.39, 0.29) is 0 Å². The van der Waals surface area contributed by atoms with Crippen molar-refractivity contribution in [3.8, 4) is 5.75 Å². The number of hydrogen-bond acceptors (Lipinski definition) is 3. The van der Waals surface area contributed by atoms with Crippen LogP contribution in [0.1, 0.15) is 0 Å². The Bertz CT molecular complexity index is 553. The standard InChI is InChI=1S/C15H17ClN2O/c1-18(2)13-7-5-12(6-8-13)17-14-10-11(16)4-9-15(14)19-3/h4-10,17H,1-3H3. The normalized spacial score (nSPS) is 10.1. The first-order valence-corrected chi connectivity index (χ1v) is 6.36. The fourth-order valence-corrected chi connectivity index (χ4v) is 1.95. The van der Waals surface area contributed by atoms with Gasteiger partial charge in [-0.15, -0.1) is 0 Å². The summed E-state index contributed by atoms with van der Waals surface area (Å²) in [5.41, 5.74) is 3.00. The molecule has 2 aromatic rings. The number of rotatable bonds is 4. The van der Waals surface area contributed by atoms with Gasteiger partial charge in [0.15, 0.2) is 0 Å². The number of nitrogens with one attached hydrogen (secondary N) is 1. The van der Waals surface area contributed by atoms with E-state index in [2.05, 4.69) is 22.3 Å². The van der Waals surface area contributed by atoms with Crippen molar-refractivity contribution in [2.45, 2.75) is 0 Å². The van der Waals surface area contributed by atoms with Gasteiger partial charge in [0.1, 0.15) is 5.75 Å². The summed E-state index contributed by atoms with van der Waals surface area (Å²) in [7, 11) is 5.68. The molecule has 0 saturated carbocycles. The van der Waals surface area contributed by atoms with Gasteiger partial charge in [-0.05, 0) is 42.5 Å². The van der Waals surface area contributed by atoms with Crippen LogP contribution in [0.5, 0.6) is 5.75 Å². The minimum absolute atomic E-state index is 0.674. The van der Waals surface area contributed by atoms with E-state index in [9.17, 15) is 0 Å². The summed E-state index contributed by atoms with van der Waals surface area (Å²) in [6.45, 7) is 0. The van der Waals surface area contributed by atoms with Gasteiger partial charge in [-0.1, -0.05) is 11.6 Å². The molecule has 0 amide bonds. The van der Waals surface area contributed by atoms with E-state index in [1.165, 1.54) is 0 Å².